The van der Waals surface area contributed by atoms with Gasteiger partial charge in [0.05, 0.1) is 6.26 Å². The van der Waals surface area contributed by atoms with Crippen molar-refractivity contribution in [1.82, 2.24) is 10.2 Å². The number of carbonyl (C=O) groups is 3. The van der Waals surface area contributed by atoms with Gasteiger partial charge in [0, 0.05) is 12.2 Å². The number of furan rings is 1. The number of nitrogens with one attached hydrogen (secondary N) is 1. The minimum Gasteiger partial charge on any atom is -0.466 e. The Labute approximate surface area is 149 Å². The predicted molar refractivity (Wildman–Crippen MR) is 90.7 cm³/mol. The largest absolute Gasteiger partial charge is 0.466 e. The maximum Gasteiger partial charge on any atom is 0.325 e. The summed E-state index contributed by atoms with van der Waals surface area (Å²) in [6.07, 6.45) is 1.40. The summed E-state index contributed by atoms with van der Waals surface area (Å²) in [6.45, 7) is 3.16. The highest BCUT2D eigenvalue weighted by atomic mass is 19.1. The Morgan fingerprint density at radius 1 is 1.27 bits per heavy atom. The number of nitrogens with zero attached hydrogens (tertiary/aromatic N) is 2. The molecular weight excluding hydrogens is 341 g/mol. The number of hydrogen-bond donors (Lipinski definition) is 1. The second-order valence-corrected chi connectivity index (χ2v) is 6.04. The number of benzene rings is 1. The first-order valence-electron chi connectivity index (χ1n) is 8.11. The molecule has 1 N–H and O–H groups in total. The summed E-state index contributed by atoms with van der Waals surface area (Å²) in [7, 11) is 0. The fourth-order valence-corrected chi connectivity index (χ4v) is 2.92. The number of likely N-dealkylation sites (N-methyl/N-ethyl adjacent to an activating group) is 1. The van der Waals surface area contributed by atoms with Crippen LogP contribution in [0.25, 0.3) is 0 Å². The van der Waals surface area contributed by atoms with E-state index in [0.29, 0.717) is 12.2 Å². The summed E-state index contributed by atoms with van der Waals surface area (Å²) in [6, 6.07) is 7.95. The molecule has 0 spiro atoms. The van der Waals surface area contributed by atoms with Crippen molar-refractivity contribution in [3.8, 4) is 0 Å². The first-order chi connectivity index (χ1) is 12.4. The first-order valence-corrected chi connectivity index (χ1v) is 8.11. The number of carbonyl (C=O) groups excluding carboxylic acids is 3. The number of anilines is 1. The van der Waals surface area contributed by atoms with Crippen LogP contribution in [-0.2, 0) is 15.1 Å². The van der Waals surface area contributed by atoms with Gasteiger partial charge in [0.25, 0.3) is 5.91 Å². The molecule has 0 aliphatic carbocycles. The summed E-state index contributed by atoms with van der Waals surface area (Å²) in [5, 5.41) is 2.57. The second kappa shape index (κ2) is 6.62. The average Bonchev–Trinajstić information content (AvgIpc) is 3.22. The average molecular weight is 359 g/mol. The van der Waals surface area contributed by atoms with Crippen molar-refractivity contribution in [2.24, 2.45) is 0 Å². The first kappa shape index (κ1) is 17.7. The molecule has 0 saturated carbocycles. The van der Waals surface area contributed by atoms with Crippen LogP contribution in [-0.4, -0.2) is 35.8 Å². The van der Waals surface area contributed by atoms with E-state index >= 15 is 0 Å². The monoisotopic (exact) mass is 359 g/mol. The van der Waals surface area contributed by atoms with Gasteiger partial charge in [-0.15, -0.1) is 0 Å². The molecule has 1 saturated heterocycles. The predicted octanol–water partition coefficient (Wildman–Crippen LogP) is 2.24. The van der Waals surface area contributed by atoms with Crippen molar-refractivity contribution in [3.63, 3.8) is 0 Å². The maximum atomic E-state index is 13.1. The van der Waals surface area contributed by atoms with Gasteiger partial charge in [0.15, 0.2) is 5.54 Å². The van der Waals surface area contributed by atoms with Crippen LogP contribution in [0.15, 0.2) is 47.1 Å². The maximum absolute atomic E-state index is 13.1. The summed E-state index contributed by atoms with van der Waals surface area (Å²) < 4.78 is 18.3. The molecule has 1 aromatic heterocycles. The van der Waals surface area contributed by atoms with Gasteiger partial charge in [-0.3, -0.25) is 14.5 Å². The number of halogens is 1. The van der Waals surface area contributed by atoms with E-state index < -0.39 is 35.7 Å². The fourth-order valence-electron chi connectivity index (χ4n) is 2.92. The van der Waals surface area contributed by atoms with Crippen molar-refractivity contribution in [3.05, 3.63) is 54.2 Å². The van der Waals surface area contributed by atoms with Crippen molar-refractivity contribution in [2.75, 3.05) is 18.0 Å². The summed E-state index contributed by atoms with van der Waals surface area (Å²) in [4.78, 5) is 39.9. The van der Waals surface area contributed by atoms with Crippen LogP contribution >= 0.6 is 0 Å². The smallest absolute Gasteiger partial charge is 0.325 e. The summed E-state index contributed by atoms with van der Waals surface area (Å²) >= 11 is 0. The van der Waals surface area contributed by atoms with Crippen LogP contribution in [0.4, 0.5) is 14.9 Å². The van der Waals surface area contributed by atoms with Gasteiger partial charge in [-0.25, -0.2) is 9.18 Å². The lowest BCUT2D eigenvalue weighted by Crippen LogP contribution is -2.44. The van der Waals surface area contributed by atoms with E-state index in [1.54, 1.807) is 19.1 Å². The third kappa shape index (κ3) is 2.94. The molecule has 0 bridgehead atoms. The zero-order valence-electron chi connectivity index (χ0n) is 14.4. The molecule has 1 aliphatic rings. The molecule has 0 radical (unpaired) electrons. The molecule has 1 fully saturated rings. The van der Waals surface area contributed by atoms with E-state index in [0.717, 1.165) is 4.90 Å². The van der Waals surface area contributed by atoms with Gasteiger partial charge in [-0.2, -0.15) is 0 Å². The summed E-state index contributed by atoms with van der Waals surface area (Å²) in [5.41, 5.74) is -0.868. The van der Waals surface area contributed by atoms with E-state index in [1.807, 2.05) is 0 Å². The molecule has 3 rings (SSSR count). The van der Waals surface area contributed by atoms with Crippen molar-refractivity contribution in [1.29, 1.82) is 0 Å². The molecule has 136 valence electrons. The van der Waals surface area contributed by atoms with Gasteiger partial charge in [-0.1, -0.05) is 0 Å². The van der Waals surface area contributed by atoms with Crippen LogP contribution in [0, 0.1) is 5.82 Å². The topological polar surface area (TPSA) is 82.9 Å². The standard InChI is InChI=1S/C18H18FN3O4/c1-3-21(13-8-6-12(19)7-9-13)15(23)11-22-16(24)18(2,20-17(22)25)14-5-4-10-26-14/h4-10H,3,11H2,1-2H3,(H,20,25). The third-order valence-electron chi connectivity index (χ3n) is 4.34. The Bertz CT molecular complexity index is 835. The molecule has 1 unspecified atom stereocenters. The molecule has 26 heavy (non-hydrogen) atoms. The lowest BCUT2D eigenvalue weighted by Gasteiger charge is -2.24. The molecule has 2 aromatic rings. The van der Waals surface area contributed by atoms with Gasteiger partial charge in [-0.05, 0) is 50.2 Å². The number of urea groups is 1. The van der Waals surface area contributed by atoms with Crippen LogP contribution in [0.5, 0.6) is 0 Å². The Morgan fingerprint density at radius 2 is 1.96 bits per heavy atom. The van der Waals surface area contributed by atoms with Crippen LogP contribution in [0.1, 0.15) is 19.6 Å². The van der Waals surface area contributed by atoms with Crippen molar-refractivity contribution in [2.45, 2.75) is 19.4 Å². The third-order valence-corrected chi connectivity index (χ3v) is 4.34. The van der Waals surface area contributed by atoms with Gasteiger partial charge in [0.1, 0.15) is 18.1 Å². The molecule has 8 heteroatoms. The number of rotatable bonds is 5. The molecule has 7 nitrogen and oxygen atoms in total. The zero-order chi connectivity index (χ0) is 18.9. The molecule has 1 atom stereocenters. The molecule has 1 aromatic carbocycles. The highest BCUT2D eigenvalue weighted by Crippen LogP contribution is 2.29. The Hall–Kier alpha value is -3.16. The number of amides is 4. The minimum atomic E-state index is -1.35. The van der Waals surface area contributed by atoms with Gasteiger partial charge in [0.2, 0.25) is 5.91 Å². The van der Waals surface area contributed by atoms with Crippen LogP contribution < -0.4 is 10.2 Å². The van der Waals surface area contributed by atoms with E-state index in [9.17, 15) is 18.8 Å². The molecule has 1 aliphatic heterocycles. The zero-order valence-corrected chi connectivity index (χ0v) is 14.4. The van der Waals surface area contributed by atoms with E-state index in [2.05, 4.69) is 5.32 Å². The van der Waals surface area contributed by atoms with Crippen molar-refractivity contribution >= 4 is 23.5 Å². The number of imide groups is 1. The SMILES string of the molecule is CCN(C(=O)CN1C(=O)NC(C)(c2ccco2)C1=O)c1ccc(F)cc1. The van der Waals surface area contributed by atoms with Crippen LogP contribution in [0.3, 0.4) is 0 Å². The fraction of sp³-hybridized carbons (Fsp3) is 0.278. The highest BCUT2D eigenvalue weighted by molar-refractivity contribution is 6.10. The molecule has 2 heterocycles. The highest BCUT2D eigenvalue weighted by Gasteiger charge is 2.51. The van der Waals surface area contributed by atoms with E-state index in [4.69, 9.17) is 4.42 Å². The minimum absolute atomic E-state index is 0.289. The van der Waals surface area contributed by atoms with Gasteiger partial charge < -0.3 is 14.6 Å². The molecular formula is C18H18FN3O4. The van der Waals surface area contributed by atoms with Crippen molar-refractivity contribution < 1.29 is 23.2 Å². The normalized spacial score (nSPS) is 19.6. The van der Waals surface area contributed by atoms with Crippen LogP contribution in [0.2, 0.25) is 0 Å². The quantitative estimate of drug-likeness (QED) is 0.830. The lowest BCUT2D eigenvalue weighted by atomic mass is 9.99. The second-order valence-electron chi connectivity index (χ2n) is 6.04. The van der Waals surface area contributed by atoms with Gasteiger partial charge >= 0.3 is 6.03 Å². The Balaban J connectivity index is 1.79. The summed E-state index contributed by atoms with van der Waals surface area (Å²) in [5.74, 6) is -1.15. The Morgan fingerprint density at radius 3 is 2.54 bits per heavy atom. The lowest BCUT2D eigenvalue weighted by molar-refractivity contribution is -0.134. The number of hydrogen-bond acceptors (Lipinski definition) is 4. The van der Waals surface area contributed by atoms with E-state index in [-0.39, 0.29) is 5.76 Å². The molecule has 4 amide bonds. The van der Waals surface area contributed by atoms with E-state index in [1.165, 1.54) is 42.4 Å². The Kier molecular flexibility index (Phi) is 4.50.